The number of likely N-dealkylation sites (N-methyl/N-ethyl adjacent to an activating group) is 1. The number of rotatable bonds is 7. The molecule has 35 heavy (non-hydrogen) atoms. The monoisotopic (exact) mass is 482 g/mol. The highest BCUT2D eigenvalue weighted by Crippen LogP contribution is 2.44. The van der Waals surface area contributed by atoms with Gasteiger partial charge in [-0.3, -0.25) is 4.79 Å². The van der Waals surface area contributed by atoms with Gasteiger partial charge in [0, 0.05) is 24.7 Å². The number of amides is 1. The van der Waals surface area contributed by atoms with Gasteiger partial charge >= 0.3 is 6.18 Å². The molecule has 2 atom stereocenters. The van der Waals surface area contributed by atoms with Crippen LogP contribution in [0, 0.1) is 5.92 Å². The number of nitrogens with zero attached hydrogens (tertiary/aromatic N) is 1. The second-order valence-corrected chi connectivity index (χ2v) is 8.77. The van der Waals surface area contributed by atoms with Crippen molar-refractivity contribution in [2.75, 3.05) is 32.1 Å². The van der Waals surface area contributed by atoms with Crippen LogP contribution < -0.4 is 15.0 Å². The molecule has 0 bridgehead atoms. The first-order valence-electron chi connectivity index (χ1n) is 11.7. The molecule has 1 amide bonds. The topological polar surface area (TPSA) is 41.6 Å². The predicted octanol–water partition coefficient (Wildman–Crippen LogP) is 5.47. The Balaban J connectivity index is 1.89. The van der Waals surface area contributed by atoms with Gasteiger partial charge in [0.25, 0.3) is 0 Å². The van der Waals surface area contributed by atoms with Crippen LogP contribution in [0.3, 0.4) is 0 Å². The van der Waals surface area contributed by atoms with Crippen LogP contribution in [0.4, 0.5) is 18.9 Å². The zero-order valence-corrected chi connectivity index (χ0v) is 19.8. The number of nitrogens with one attached hydrogen (secondary N) is 1. The highest BCUT2D eigenvalue weighted by atomic mass is 19.4. The van der Waals surface area contributed by atoms with E-state index in [9.17, 15) is 18.0 Å². The van der Waals surface area contributed by atoms with Crippen LogP contribution in [0.5, 0.6) is 5.75 Å². The number of benzene rings is 3. The molecule has 1 aliphatic rings. The summed E-state index contributed by atoms with van der Waals surface area (Å²) in [4.78, 5) is 15.6. The number of hydrogen-bond acceptors (Lipinski definition) is 3. The molecule has 0 aromatic heterocycles. The van der Waals surface area contributed by atoms with Crippen molar-refractivity contribution in [1.29, 1.82) is 0 Å². The molecular weight excluding hydrogens is 453 g/mol. The third-order valence-electron chi connectivity index (χ3n) is 6.67. The quantitative estimate of drug-likeness (QED) is 0.486. The van der Waals surface area contributed by atoms with Crippen molar-refractivity contribution < 1.29 is 22.7 Å². The van der Waals surface area contributed by atoms with Gasteiger partial charge < -0.3 is 15.0 Å². The van der Waals surface area contributed by atoms with Crippen molar-refractivity contribution in [3.63, 3.8) is 0 Å². The highest BCUT2D eigenvalue weighted by Gasteiger charge is 2.42. The van der Waals surface area contributed by atoms with Gasteiger partial charge in [0.05, 0.1) is 12.7 Å². The molecule has 3 aromatic rings. The lowest BCUT2D eigenvalue weighted by molar-refractivity contribution is -0.138. The number of halogens is 3. The van der Waals surface area contributed by atoms with E-state index in [-0.39, 0.29) is 24.4 Å². The Hall–Kier alpha value is -3.32. The second kappa shape index (κ2) is 10.5. The van der Waals surface area contributed by atoms with Crippen LogP contribution in [-0.2, 0) is 23.8 Å². The standard InChI is InChI=1S/C28H29F3N2O2/c1-32-15-16-33-26-10-6-9-25(28(29,30)31)24(26)18-22(20-11-13-21(35-2)14-12-20)23(27(33)34)17-19-7-4-3-5-8-19/h3-14,22-23,32H,15-18H2,1-2H3/t22-,23+/m0/s1. The van der Waals surface area contributed by atoms with Crippen molar-refractivity contribution in [2.24, 2.45) is 5.92 Å². The van der Waals surface area contributed by atoms with E-state index in [1.165, 1.54) is 11.0 Å². The molecule has 0 fully saturated rings. The van der Waals surface area contributed by atoms with Gasteiger partial charge in [-0.05, 0) is 66.8 Å². The Labute approximate surface area is 203 Å². The average Bonchev–Trinajstić information content (AvgIpc) is 2.97. The lowest BCUT2D eigenvalue weighted by Crippen LogP contribution is -2.41. The normalized spacial score (nSPS) is 18.2. The van der Waals surface area contributed by atoms with E-state index in [2.05, 4.69) is 5.32 Å². The van der Waals surface area contributed by atoms with Crippen LogP contribution in [-0.4, -0.2) is 33.2 Å². The molecule has 3 aromatic carbocycles. The number of hydrogen-bond donors (Lipinski definition) is 1. The van der Waals surface area contributed by atoms with Crippen molar-refractivity contribution >= 4 is 11.6 Å². The summed E-state index contributed by atoms with van der Waals surface area (Å²) in [7, 11) is 3.32. The predicted molar refractivity (Wildman–Crippen MR) is 131 cm³/mol. The van der Waals surface area contributed by atoms with E-state index in [0.29, 0.717) is 24.4 Å². The largest absolute Gasteiger partial charge is 0.497 e. The van der Waals surface area contributed by atoms with Crippen molar-refractivity contribution in [1.82, 2.24) is 5.32 Å². The van der Waals surface area contributed by atoms with Gasteiger partial charge in [0.15, 0.2) is 0 Å². The van der Waals surface area contributed by atoms with Crippen LogP contribution >= 0.6 is 0 Å². The van der Waals surface area contributed by atoms with E-state index in [1.807, 2.05) is 42.5 Å². The molecule has 0 aliphatic carbocycles. The Morgan fingerprint density at radius 3 is 2.34 bits per heavy atom. The van der Waals surface area contributed by atoms with Gasteiger partial charge in [-0.15, -0.1) is 0 Å². The van der Waals surface area contributed by atoms with Gasteiger partial charge in [-0.25, -0.2) is 0 Å². The summed E-state index contributed by atoms with van der Waals surface area (Å²) in [6.45, 7) is 0.747. The van der Waals surface area contributed by atoms with Crippen LogP contribution in [0.2, 0.25) is 0 Å². The first-order valence-corrected chi connectivity index (χ1v) is 11.7. The van der Waals surface area contributed by atoms with E-state index in [4.69, 9.17) is 4.74 Å². The maximum Gasteiger partial charge on any atom is 0.416 e. The summed E-state index contributed by atoms with van der Waals surface area (Å²) in [5.41, 5.74) is 1.62. The minimum absolute atomic E-state index is 0.108. The van der Waals surface area contributed by atoms with Crippen LogP contribution in [0.15, 0.2) is 72.8 Å². The number of anilines is 1. The Bertz CT molecular complexity index is 1150. The molecule has 184 valence electrons. The molecule has 4 nitrogen and oxygen atoms in total. The van der Waals surface area contributed by atoms with E-state index < -0.39 is 23.6 Å². The fourth-order valence-electron chi connectivity index (χ4n) is 4.91. The molecule has 0 spiro atoms. The van der Waals surface area contributed by atoms with Gasteiger partial charge in [-0.2, -0.15) is 13.2 Å². The second-order valence-electron chi connectivity index (χ2n) is 8.77. The third kappa shape index (κ3) is 5.35. The Morgan fingerprint density at radius 2 is 1.71 bits per heavy atom. The maximum absolute atomic E-state index is 14.1. The molecule has 0 radical (unpaired) electrons. The minimum atomic E-state index is -4.52. The number of alkyl halides is 3. The van der Waals surface area contributed by atoms with E-state index in [1.54, 1.807) is 32.4 Å². The van der Waals surface area contributed by atoms with Crippen molar-refractivity contribution in [3.05, 3.63) is 95.1 Å². The van der Waals surface area contributed by atoms with Crippen LogP contribution in [0.1, 0.15) is 28.2 Å². The summed E-state index contributed by atoms with van der Waals surface area (Å²) < 4.78 is 47.6. The number of carbonyl (C=O) groups is 1. The average molecular weight is 483 g/mol. The smallest absolute Gasteiger partial charge is 0.416 e. The number of methoxy groups -OCH3 is 1. The van der Waals surface area contributed by atoms with Crippen molar-refractivity contribution in [2.45, 2.75) is 24.9 Å². The lowest BCUT2D eigenvalue weighted by atomic mass is 9.78. The van der Waals surface area contributed by atoms with E-state index >= 15 is 0 Å². The first kappa shape index (κ1) is 24.8. The van der Waals surface area contributed by atoms with Crippen molar-refractivity contribution in [3.8, 4) is 5.75 Å². The molecule has 4 rings (SSSR count). The first-order chi connectivity index (χ1) is 16.8. The molecular formula is C28H29F3N2O2. The zero-order chi connectivity index (χ0) is 25.0. The summed E-state index contributed by atoms with van der Waals surface area (Å²) in [6.07, 6.45) is -3.98. The van der Waals surface area contributed by atoms with Gasteiger partial charge in [-0.1, -0.05) is 48.5 Å². The summed E-state index contributed by atoms with van der Waals surface area (Å²) in [5.74, 6) is -0.477. The molecule has 0 saturated carbocycles. The minimum Gasteiger partial charge on any atom is -0.497 e. The van der Waals surface area contributed by atoms with E-state index in [0.717, 1.165) is 17.2 Å². The Morgan fingerprint density at radius 1 is 1.00 bits per heavy atom. The maximum atomic E-state index is 14.1. The summed E-state index contributed by atoms with van der Waals surface area (Å²) in [5, 5.41) is 3.02. The number of carbonyl (C=O) groups excluding carboxylic acids is 1. The number of fused-ring (bicyclic) bond motifs is 1. The lowest BCUT2D eigenvalue weighted by Gasteiger charge is -2.29. The highest BCUT2D eigenvalue weighted by molar-refractivity contribution is 5.97. The van der Waals surface area contributed by atoms with Gasteiger partial charge in [0.1, 0.15) is 5.75 Å². The molecule has 1 N–H and O–H groups in total. The zero-order valence-electron chi connectivity index (χ0n) is 19.8. The molecule has 7 heteroatoms. The molecule has 1 aliphatic heterocycles. The SMILES string of the molecule is CNCCN1C(=O)[C@H](Cc2ccccc2)[C@H](c2ccc(OC)cc2)Cc2c1cccc2C(F)(F)F. The number of ether oxygens (including phenoxy) is 1. The Kier molecular flexibility index (Phi) is 7.45. The fraction of sp³-hybridized carbons (Fsp3) is 0.321. The summed E-state index contributed by atoms with van der Waals surface area (Å²) >= 11 is 0. The molecule has 0 unspecified atom stereocenters. The molecule has 0 saturated heterocycles. The van der Waals surface area contributed by atoms with Crippen LogP contribution in [0.25, 0.3) is 0 Å². The fourth-order valence-corrected chi connectivity index (χ4v) is 4.91. The van der Waals surface area contributed by atoms with Gasteiger partial charge in [0.2, 0.25) is 5.91 Å². The summed E-state index contributed by atoms with van der Waals surface area (Å²) in [6, 6.07) is 21.1. The molecule has 1 heterocycles. The third-order valence-corrected chi connectivity index (χ3v) is 6.67.